The van der Waals surface area contributed by atoms with Gasteiger partial charge in [-0.2, -0.15) is 0 Å². The molecule has 1 N–H and O–H groups in total. The van der Waals surface area contributed by atoms with E-state index in [2.05, 4.69) is 28.5 Å². The van der Waals surface area contributed by atoms with E-state index in [0.717, 1.165) is 17.5 Å². The molecule has 2 rings (SSSR count). The molecule has 102 valence electrons. The third-order valence-corrected chi connectivity index (χ3v) is 3.17. The summed E-state index contributed by atoms with van der Waals surface area (Å²) in [6.07, 6.45) is 2.64. The van der Waals surface area contributed by atoms with Crippen LogP contribution in [0.15, 0.2) is 24.5 Å². The molecule has 1 amide bonds. The van der Waals surface area contributed by atoms with E-state index in [1.807, 2.05) is 38.7 Å². The highest BCUT2D eigenvalue weighted by molar-refractivity contribution is 5.81. The van der Waals surface area contributed by atoms with Crippen molar-refractivity contribution in [2.45, 2.75) is 27.2 Å². The number of carbonyl (C=O) groups is 1. The summed E-state index contributed by atoms with van der Waals surface area (Å²) in [7, 11) is 1.98. The average molecular weight is 259 g/mol. The molecule has 0 bridgehead atoms. The van der Waals surface area contributed by atoms with Gasteiger partial charge < -0.3 is 9.88 Å². The van der Waals surface area contributed by atoms with E-state index >= 15 is 0 Å². The fraction of sp³-hybridized carbons (Fsp3) is 0.467. The molecule has 0 aliphatic heterocycles. The van der Waals surface area contributed by atoms with Crippen LogP contribution >= 0.6 is 0 Å². The van der Waals surface area contributed by atoms with Gasteiger partial charge in [0.25, 0.3) is 0 Å². The first-order valence-corrected chi connectivity index (χ1v) is 6.56. The zero-order valence-electron chi connectivity index (χ0n) is 12.0. The number of amides is 1. The van der Waals surface area contributed by atoms with Crippen molar-refractivity contribution in [2.75, 3.05) is 6.54 Å². The maximum Gasteiger partial charge on any atom is 0.225 e. The number of aryl methyl sites for hydroxylation is 1. The zero-order valence-corrected chi connectivity index (χ0v) is 12.0. The first kappa shape index (κ1) is 13.6. The first-order valence-electron chi connectivity index (χ1n) is 6.56. The number of hydrogen-bond donors (Lipinski definition) is 1. The minimum absolute atomic E-state index is 0.0893. The Kier molecular flexibility index (Phi) is 3.60. The molecular formula is C15H21N3O. The molecule has 0 atom stereocenters. The van der Waals surface area contributed by atoms with Crippen LogP contribution in [-0.2, 0) is 18.3 Å². The summed E-state index contributed by atoms with van der Waals surface area (Å²) in [5.41, 5.74) is 3.00. The van der Waals surface area contributed by atoms with Crippen molar-refractivity contribution in [2.24, 2.45) is 12.5 Å². The van der Waals surface area contributed by atoms with Crippen LogP contribution in [0.3, 0.4) is 0 Å². The molecule has 0 aliphatic carbocycles. The molecule has 0 saturated carbocycles. The third-order valence-electron chi connectivity index (χ3n) is 3.17. The molecule has 0 aliphatic rings. The second kappa shape index (κ2) is 5.03. The van der Waals surface area contributed by atoms with E-state index in [9.17, 15) is 4.79 Å². The summed E-state index contributed by atoms with van der Waals surface area (Å²) in [5, 5.41) is 2.96. The SMILES string of the molecule is Cn1cnc2cc(CCNC(=O)C(C)(C)C)ccc21. The molecule has 1 aromatic heterocycles. The molecule has 0 fully saturated rings. The van der Waals surface area contributed by atoms with E-state index in [1.165, 1.54) is 5.56 Å². The smallest absolute Gasteiger partial charge is 0.225 e. The third kappa shape index (κ3) is 3.13. The van der Waals surface area contributed by atoms with E-state index < -0.39 is 0 Å². The lowest BCUT2D eigenvalue weighted by atomic mass is 9.95. The van der Waals surface area contributed by atoms with E-state index in [4.69, 9.17) is 0 Å². The lowest BCUT2D eigenvalue weighted by Gasteiger charge is -2.17. The Hall–Kier alpha value is -1.84. The molecule has 0 saturated heterocycles. The fourth-order valence-corrected chi connectivity index (χ4v) is 1.92. The monoisotopic (exact) mass is 259 g/mol. The van der Waals surface area contributed by atoms with Gasteiger partial charge in [-0.25, -0.2) is 4.98 Å². The summed E-state index contributed by atoms with van der Waals surface area (Å²) < 4.78 is 2.00. The predicted molar refractivity (Wildman–Crippen MR) is 76.9 cm³/mol. The topological polar surface area (TPSA) is 46.9 Å². The Morgan fingerprint density at radius 2 is 2.11 bits per heavy atom. The Bertz CT molecular complexity index is 593. The van der Waals surface area contributed by atoms with Crippen LogP contribution in [0.4, 0.5) is 0 Å². The van der Waals surface area contributed by atoms with Crippen molar-refractivity contribution in [1.29, 1.82) is 0 Å². The predicted octanol–water partition coefficient (Wildman–Crippen LogP) is 2.28. The fourth-order valence-electron chi connectivity index (χ4n) is 1.92. The Morgan fingerprint density at radius 1 is 1.37 bits per heavy atom. The van der Waals surface area contributed by atoms with Crippen LogP contribution in [0.2, 0.25) is 0 Å². The van der Waals surface area contributed by atoms with Crippen molar-refractivity contribution in [3.05, 3.63) is 30.1 Å². The van der Waals surface area contributed by atoms with Gasteiger partial charge in [0.2, 0.25) is 5.91 Å². The van der Waals surface area contributed by atoms with Crippen LogP contribution in [-0.4, -0.2) is 22.0 Å². The molecule has 4 nitrogen and oxygen atoms in total. The Balaban J connectivity index is 1.97. The molecule has 4 heteroatoms. The molecule has 0 spiro atoms. The minimum Gasteiger partial charge on any atom is -0.355 e. The van der Waals surface area contributed by atoms with Gasteiger partial charge in [0, 0.05) is 19.0 Å². The maximum atomic E-state index is 11.7. The van der Waals surface area contributed by atoms with Crippen molar-refractivity contribution >= 4 is 16.9 Å². The van der Waals surface area contributed by atoms with Gasteiger partial charge in [-0.05, 0) is 24.1 Å². The second-order valence-corrected chi connectivity index (χ2v) is 5.93. The Morgan fingerprint density at radius 3 is 2.79 bits per heavy atom. The first-order chi connectivity index (χ1) is 8.88. The number of nitrogens with one attached hydrogen (secondary N) is 1. The van der Waals surface area contributed by atoms with Gasteiger partial charge in [0.15, 0.2) is 0 Å². The summed E-state index contributed by atoms with van der Waals surface area (Å²) in [6, 6.07) is 6.25. The summed E-state index contributed by atoms with van der Waals surface area (Å²) in [5.74, 6) is 0.0893. The van der Waals surface area contributed by atoms with Crippen molar-refractivity contribution in [3.63, 3.8) is 0 Å². The Labute approximate surface area is 113 Å². The van der Waals surface area contributed by atoms with Crippen LogP contribution < -0.4 is 5.32 Å². The molecule has 1 heterocycles. The van der Waals surface area contributed by atoms with E-state index in [0.29, 0.717) is 6.54 Å². The highest BCUT2D eigenvalue weighted by Gasteiger charge is 2.20. The summed E-state index contributed by atoms with van der Waals surface area (Å²) >= 11 is 0. The van der Waals surface area contributed by atoms with Crippen LogP contribution in [0.5, 0.6) is 0 Å². The average Bonchev–Trinajstić information content (AvgIpc) is 2.69. The lowest BCUT2D eigenvalue weighted by molar-refractivity contribution is -0.128. The van der Waals surface area contributed by atoms with Crippen LogP contribution in [0.1, 0.15) is 26.3 Å². The summed E-state index contributed by atoms with van der Waals surface area (Å²) in [4.78, 5) is 16.1. The number of aromatic nitrogens is 2. The molecule has 1 aromatic carbocycles. The maximum absolute atomic E-state index is 11.7. The molecule has 2 aromatic rings. The quantitative estimate of drug-likeness (QED) is 0.919. The largest absolute Gasteiger partial charge is 0.355 e. The zero-order chi connectivity index (χ0) is 14.0. The second-order valence-electron chi connectivity index (χ2n) is 5.93. The number of nitrogens with zero attached hydrogens (tertiary/aromatic N) is 2. The molecule has 0 unspecified atom stereocenters. The number of carbonyl (C=O) groups excluding carboxylic acids is 1. The summed E-state index contributed by atoms with van der Waals surface area (Å²) in [6.45, 7) is 6.42. The molecule has 19 heavy (non-hydrogen) atoms. The van der Waals surface area contributed by atoms with Gasteiger partial charge >= 0.3 is 0 Å². The van der Waals surface area contributed by atoms with E-state index in [1.54, 1.807) is 0 Å². The number of rotatable bonds is 3. The standard InChI is InChI=1S/C15H21N3O/c1-15(2,3)14(19)16-8-7-11-5-6-13-12(9-11)17-10-18(13)4/h5-6,9-10H,7-8H2,1-4H3,(H,16,19). The van der Waals surface area contributed by atoms with Gasteiger partial charge in [-0.3, -0.25) is 4.79 Å². The highest BCUT2D eigenvalue weighted by atomic mass is 16.2. The van der Waals surface area contributed by atoms with Crippen molar-refractivity contribution in [3.8, 4) is 0 Å². The number of hydrogen-bond acceptors (Lipinski definition) is 2. The number of fused-ring (bicyclic) bond motifs is 1. The number of benzene rings is 1. The van der Waals surface area contributed by atoms with Gasteiger partial charge in [-0.1, -0.05) is 26.8 Å². The molecular weight excluding hydrogens is 238 g/mol. The highest BCUT2D eigenvalue weighted by Crippen LogP contribution is 2.15. The normalized spacial score (nSPS) is 11.8. The van der Waals surface area contributed by atoms with Gasteiger partial charge in [0.1, 0.15) is 0 Å². The van der Waals surface area contributed by atoms with Gasteiger partial charge in [-0.15, -0.1) is 0 Å². The number of imidazole rings is 1. The molecule has 0 radical (unpaired) electrons. The lowest BCUT2D eigenvalue weighted by Crippen LogP contribution is -2.35. The minimum atomic E-state index is -0.328. The van der Waals surface area contributed by atoms with E-state index in [-0.39, 0.29) is 11.3 Å². The van der Waals surface area contributed by atoms with Crippen molar-refractivity contribution < 1.29 is 4.79 Å². The van der Waals surface area contributed by atoms with Crippen LogP contribution in [0.25, 0.3) is 11.0 Å². The van der Waals surface area contributed by atoms with Gasteiger partial charge in [0.05, 0.1) is 17.4 Å². The van der Waals surface area contributed by atoms with Crippen molar-refractivity contribution in [1.82, 2.24) is 14.9 Å². The van der Waals surface area contributed by atoms with Crippen LogP contribution in [0, 0.1) is 5.41 Å².